The molecule has 2 saturated heterocycles. The van der Waals surface area contributed by atoms with Crippen LogP contribution in [0.2, 0.25) is 0 Å². The molecule has 1 unspecified atom stereocenters. The van der Waals surface area contributed by atoms with Crippen molar-refractivity contribution in [1.29, 1.82) is 0 Å². The van der Waals surface area contributed by atoms with Gasteiger partial charge in [0, 0.05) is 42.7 Å². The summed E-state index contributed by atoms with van der Waals surface area (Å²) < 4.78 is 29.3. The lowest BCUT2D eigenvalue weighted by Gasteiger charge is -2.23. The second-order valence-electron chi connectivity index (χ2n) is 8.64. The van der Waals surface area contributed by atoms with Gasteiger partial charge in [0.1, 0.15) is 11.5 Å². The number of amides is 1. The maximum absolute atomic E-state index is 14.7. The number of carbonyl (C=O) groups excluding carboxylic acids is 1. The quantitative estimate of drug-likeness (QED) is 0.608. The zero-order chi connectivity index (χ0) is 23.7. The van der Waals surface area contributed by atoms with Crippen molar-refractivity contribution in [2.45, 2.75) is 25.4 Å². The van der Waals surface area contributed by atoms with E-state index in [1.807, 2.05) is 0 Å². The second-order valence-corrected chi connectivity index (χ2v) is 8.64. The van der Waals surface area contributed by atoms with Crippen LogP contribution in [0.25, 0.3) is 11.1 Å². The molecule has 8 nitrogen and oxygen atoms in total. The van der Waals surface area contributed by atoms with Crippen molar-refractivity contribution in [3.63, 3.8) is 0 Å². The fourth-order valence-electron chi connectivity index (χ4n) is 4.18. The molecule has 1 atom stereocenters. The molecule has 3 aromatic rings. The Morgan fingerprint density at radius 2 is 1.91 bits per heavy atom. The Morgan fingerprint density at radius 1 is 1.12 bits per heavy atom. The van der Waals surface area contributed by atoms with Gasteiger partial charge in [-0.1, -0.05) is 18.2 Å². The van der Waals surface area contributed by atoms with E-state index in [2.05, 4.69) is 20.3 Å². The van der Waals surface area contributed by atoms with Gasteiger partial charge in [-0.2, -0.15) is 0 Å². The molecule has 1 amide bonds. The third-order valence-corrected chi connectivity index (χ3v) is 5.93. The number of rotatable bonds is 5. The van der Waals surface area contributed by atoms with E-state index < -0.39 is 17.4 Å². The molecule has 34 heavy (non-hydrogen) atoms. The third kappa shape index (κ3) is 4.41. The summed E-state index contributed by atoms with van der Waals surface area (Å²) in [5.41, 5.74) is -0.0947. The minimum Gasteiger partial charge on any atom is -0.352 e. The molecule has 2 fully saturated rings. The summed E-state index contributed by atoms with van der Waals surface area (Å²) in [7, 11) is 0. The molecule has 2 aromatic heterocycles. The number of pyridine rings is 1. The van der Waals surface area contributed by atoms with Crippen molar-refractivity contribution >= 4 is 23.4 Å². The highest BCUT2D eigenvalue weighted by Gasteiger charge is 2.36. The van der Waals surface area contributed by atoms with E-state index in [9.17, 15) is 13.6 Å². The number of nitrogens with zero attached hydrogens (tertiary/aromatic N) is 5. The molecule has 1 aromatic carbocycles. The molecular formula is C24H24F2N6O2. The largest absolute Gasteiger partial charge is 0.352 e. The Kier molecular flexibility index (Phi) is 5.82. The van der Waals surface area contributed by atoms with Crippen LogP contribution in [-0.2, 0) is 4.84 Å². The summed E-state index contributed by atoms with van der Waals surface area (Å²) >= 11 is 0. The van der Waals surface area contributed by atoms with Gasteiger partial charge in [0.2, 0.25) is 5.95 Å². The first-order chi connectivity index (χ1) is 16.4. The van der Waals surface area contributed by atoms with Crippen LogP contribution in [0.5, 0.6) is 0 Å². The molecule has 0 aliphatic carbocycles. The molecule has 176 valence electrons. The normalized spacial score (nSPS) is 20.1. The fraction of sp³-hybridized carbons (Fsp3) is 0.333. The molecule has 0 radical (unpaired) electrons. The highest BCUT2D eigenvalue weighted by Crippen LogP contribution is 2.39. The SMILES string of the molecule is CC1(F)CCN(c2nccc(-c3ccccc3F)c2NC(=O)c2cnc(N3CCCO3)nc2)C1. The number of anilines is 3. The number of nitrogens with one attached hydrogen (secondary N) is 1. The third-order valence-electron chi connectivity index (χ3n) is 5.93. The van der Waals surface area contributed by atoms with Gasteiger partial charge in [-0.05, 0) is 25.5 Å². The first-order valence-electron chi connectivity index (χ1n) is 11.1. The van der Waals surface area contributed by atoms with Crippen LogP contribution in [0.4, 0.5) is 26.2 Å². The highest BCUT2D eigenvalue weighted by atomic mass is 19.1. The highest BCUT2D eigenvalue weighted by molar-refractivity contribution is 6.08. The van der Waals surface area contributed by atoms with Gasteiger partial charge in [0.05, 0.1) is 30.9 Å². The second kappa shape index (κ2) is 8.94. The number of aromatic nitrogens is 3. The van der Waals surface area contributed by atoms with Crippen LogP contribution in [0.15, 0.2) is 48.9 Å². The molecule has 0 saturated carbocycles. The van der Waals surface area contributed by atoms with Crippen molar-refractivity contribution in [2.24, 2.45) is 0 Å². The Hall–Kier alpha value is -3.66. The Labute approximate surface area is 195 Å². The average molecular weight is 466 g/mol. The molecule has 4 heterocycles. The Morgan fingerprint density at radius 3 is 2.59 bits per heavy atom. The maximum Gasteiger partial charge on any atom is 0.258 e. The summed E-state index contributed by atoms with van der Waals surface area (Å²) in [4.78, 5) is 33.2. The molecule has 0 spiro atoms. The first-order valence-corrected chi connectivity index (χ1v) is 11.1. The van der Waals surface area contributed by atoms with Crippen LogP contribution in [0.1, 0.15) is 30.1 Å². The number of carbonyl (C=O) groups is 1. The summed E-state index contributed by atoms with van der Waals surface area (Å²) in [5.74, 6) is -0.158. The zero-order valence-corrected chi connectivity index (χ0v) is 18.7. The zero-order valence-electron chi connectivity index (χ0n) is 18.7. The number of hydrogen-bond donors (Lipinski definition) is 1. The lowest BCUT2D eigenvalue weighted by atomic mass is 10.0. The van der Waals surface area contributed by atoms with Crippen molar-refractivity contribution in [3.8, 4) is 11.1 Å². The molecule has 0 bridgehead atoms. The van der Waals surface area contributed by atoms with Gasteiger partial charge in [0.25, 0.3) is 5.91 Å². The summed E-state index contributed by atoms with van der Waals surface area (Å²) in [6.45, 7) is 3.37. The lowest BCUT2D eigenvalue weighted by molar-refractivity contribution is 0.102. The molecule has 1 N–H and O–H groups in total. The Bertz CT molecular complexity index is 1200. The number of benzene rings is 1. The molecule has 10 heteroatoms. The predicted molar refractivity (Wildman–Crippen MR) is 124 cm³/mol. The van der Waals surface area contributed by atoms with Crippen LogP contribution in [0, 0.1) is 5.82 Å². The standard InChI is InChI=1S/C24H24F2N6O2/c1-24(26)8-11-31(15-24)21-20(18(7-9-27-21)17-5-2-3-6-19(17)25)30-22(33)16-13-28-23(29-14-16)32-10-4-12-34-32/h2-3,5-7,9,13-14H,4,8,10-12,15H2,1H3,(H,30,33). The predicted octanol–water partition coefficient (Wildman–Crippen LogP) is 4.01. The smallest absolute Gasteiger partial charge is 0.258 e. The van der Waals surface area contributed by atoms with Gasteiger partial charge in [0.15, 0.2) is 5.82 Å². The van der Waals surface area contributed by atoms with Crippen LogP contribution >= 0.6 is 0 Å². The van der Waals surface area contributed by atoms with Crippen LogP contribution in [0.3, 0.4) is 0 Å². The Balaban J connectivity index is 1.49. The van der Waals surface area contributed by atoms with Gasteiger partial charge < -0.3 is 10.2 Å². The topological polar surface area (TPSA) is 83.5 Å². The molecular weight excluding hydrogens is 442 g/mol. The molecule has 5 rings (SSSR count). The molecule has 2 aliphatic heterocycles. The lowest BCUT2D eigenvalue weighted by Crippen LogP contribution is -2.28. The van der Waals surface area contributed by atoms with Crippen LogP contribution < -0.4 is 15.3 Å². The van der Waals surface area contributed by atoms with Gasteiger partial charge in [-0.15, -0.1) is 0 Å². The van der Waals surface area contributed by atoms with Crippen molar-refractivity contribution in [2.75, 3.05) is 41.5 Å². The van der Waals surface area contributed by atoms with E-state index in [0.717, 1.165) is 6.42 Å². The van der Waals surface area contributed by atoms with Crippen molar-refractivity contribution < 1.29 is 18.4 Å². The number of alkyl halides is 1. The molecule has 2 aliphatic rings. The fourth-order valence-corrected chi connectivity index (χ4v) is 4.18. The minimum absolute atomic E-state index is 0.122. The van der Waals surface area contributed by atoms with E-state index in [1.165, 1.54) is 31.6 Å². The van der Waals surface area contributed by atoms with E-state index in [0.29, 0.717) is 54.7 Å². The number of halogens is 2. The maximum atomic E-state index is 14.7. The minimum atomic E-state index is -1.38. The number of hydrogen-bond acceptors (Lipinski definition) is 7. The summed E-state index contributed by atoms with van der Waals surface area (Å²) in [5, 5.41) is 4.44. The van der Waals surface area contributed by atoms with Gasteiger partial charge in [-0.3, -0.25) is 9.63 Å². The summed E-state index contributed by atoms with van der Waals surface area (Å²) in [6, 6.07) is 7.92. The number of hydroxylamine groups is 1. The van der Waals surface area contributed by atoms with Crippen molar-refractivity contribution in [1.82, 2.24) is 15.0 Å². The van der Waals surface area contributed by atoms with E-state index in [-0.39, 0.29) is 12.1 Å². The first kappa shape index (κ1) is 22.1. The van der Waals surface area contributed by atoms with Gasteiger partial charge in [-0.25, -0.2) is 28.8 Å². The van der Waals surface area contributed by atoms with E-state index in [4.69, 9.17) is 4.84 Å². The van der Waals surface area contributed by atoms with Gasteiger partial charge >= 0.3 is 0 Å². The van der Waals surface area contributed by atoms with E-state index >= 15 is 0 Å². The van der Waals surface area contributed by atoms with E-state index in [1.54, 1.807) is 34.2 Å². The monoisotopic (exact) mass is 466 g/mol. The average Bonchev–Trinajstić information content (AvgIpc) is 3.49. The van der Waals surface area contributed by atoms with Crippen molar-refractivity contribution in [3.05, 3.63) is 60.3 Å². The van der Waals surface area contributed by atoms with Crippen LogP contribution in [-0.4, -0.2) is 52.8 Å². The summed E-state index contributed by atoms with van der Waals surface area (Å²) in [6.07, 6.45) is 5.57.